The van der Waals surface area contributed by atoms with Crippen LogP contribution in [0.15, 0.2) is 53.7 Å². The van der Waals surface area contributed by atoms with Crippen LogP contribution < -0.4 is 10.2 Å². The van der Waals surface area contributed by atoms with Crippen molar-refractivity contribution < 1.29 is 21.9 Å². The molecule has 0 aliphatic carbocycles. The zero-order valence-electron chi connectivity index (χ0n) is 20.7. The molecule has 3 heterocycles. The number of nitrogens with zero attached hydrogens (tertiary/aromatic N) is 3. The molecule has 10 heteroatoms. The van der Waals surface area contributed by atoms with E-state index in [4.69, 9.17) is 4.74 Å². The molecule has 7 nitrogen and oxygen atoms in total. The Morgan fingerprint density at radius 1 is 1.03 bits per heavy atom. The average molecular weight is 525 g/mol. The van der Waals surface area contributed by atoms with Crippen LogP contribution in [0, 0.1) is 25.5 Å². The molecular formula is C27H26F2N4O3S. The molecule has 192 valence electrons. The van der Waals surface area contributed by atoms with Crippen molar-refractivity contribution in [2.75, 3.05) is 42.8 Å². The molecule has 0 bridgehead atoms. The Hall–Kier alpha value is -3.63. The minimum absolute atomic E-state index is 0.0684. The van der Waals surface area contributed by atoms with Crippen LogP contribution >= 0.6 is 0 Å². The van der Waals surface area contributed by atoms with Gasteiger partial charge in [0.2, 0.25) is 0 Å². The van der Waals surface area contributed by atoms with Gasteiger partial charge in [0, 0.05) is 37.0 Å². The van der Waals surface area contributed by atoms with Gasteiger partial charge in [0.25, 0.3) is 0 Å². The molecule has 1 fully saturated rings. The van der Waals surface area contributed by atoms with E-state index in [1.165, 1.54) is 6.07 Å². The molecule has 5 rings (SSSR count). The second-order valence-corrected chi connectivity index (χ2v) is 11.2. The van der Waals surface area contributed by atoms with Crippen LogP contribution in [0.1, 0.15) is 11.1 Å². The van der Waals surface area contributed by atoms with Crippen LogP contribution in [0.25, 0.3) is 22.2 Å². The highest BCUT2D eigenvalue weighted by atomic mass is 32.2. The Morgan fingerprint density at radius 2 is 1.78 bits per heavy atom. The van der Waals surface area contributed by atoms with Crippen LogP contribution in [0.3, 0.4) is 0 Å². The minimum Gasteiger partial charge on any atom is -0.378 e. The summed E-state index contributed by atoms with van der Waals surface area (Å²) in [5.74, 6) is -1.55. The predicted molar refractivity (Wildman–Crippen MR) is 140 cm³/mol. The lowest BCUT2D eigenvalue weighted by molar-refractivity contribution is 0.122. The molecule has 0 unspecified atom stereocenters. The number of nitrogens with one attached hydrogen (secondary N) is 1. The van der Waals surface area contributed by atoms with Crippen molar-refractivity contribution >= 4 is 37.8 Å². The van der Waals surface area contributed by atoms with E-state index in [9.17, 15) is 12.8 Å². The van der Waals surface area contributed by atoms with E-state index in [2.05, 4.69) is 20.2 Å². The Bertz CT molecular complexity index is 1620. The molecule has 0 atom stereocenters. The summed E-state index contributed by atoms with van der Waals surface area (Å²) in [6, 6.07) is 8.81. The third-order valence-corrected chi connectivity index (χ3v) is 7.56. The summed E-state index contributed by atoms with van der Waals surface area (Å²) in [6.07, 6.45) is 4.49. The van der Waals surface area contributed by atoms with Gasteiger partial charge < -0.3 is 15.0 Å². The molecule has 0 saturated carbocycles. The highest BCUT2D eigenvalue weighted by Gasteiger charge is 2.23. The monoisotopic (exact) mass is 524 g/mol. The molecule has 1 saturated heterocycles. The molecule has 4 aromatic rings. The number of rotatable bonds is 5. The van der Waals surface area contributed by atoms with Gasteiger partial charge in [0.1, 0.15) is 11.6 Å². The summed E-state index contributed by atoms with van der Waals surface area (Å²) < 4.78 is 60.1. The van der Waals surface area contributed by atoms with Gasteiger partial charge in [-0.15, -0.1) is 0 Å². The lowest BCUT2D eigenvalue weighted by Gasteiger charge is -2.28. The standard InChI is InChI=1S/C27H26F2N4O3S/c1-16-4-5-24(37(3,34)35)21(10-16)26-17(2)27(25-22(29)11-18(28)12-23(25)32-26)31-19-13-20(15-30-14-19)33-6-8-36-9-7-33/h4-5,10-15H,6-9H2,1-3H3,(H,31,32). The molecule has 1 N–H and O–H groups in total. The molecule has 2 aromatic carbocycles. The number of halogens is 2. The number of pyridine rings is 2. The van der Waals surface area contributed by atoms with Crippen molar-refractivity contribution in [3.8, 4) is 11.3 Å². The van der Waals surface area contributed by atoms with Crippen LogP contribution in [0.2, 0.25) is 0 Å². The zero-order chi connectivity index (χ0) is 26.3. The summed E-state index contributed by atoms with van der Waals surface area (Å²) in [7, 11) is -3.61. The summed E-state index contributed by atoms with van der Waals surface area (Å²) in [5.41, 5.74) is 3.95. The van der Waals surface area contributed by atoms with Gasteiger partial charge in [-0.05, 0) is 37.6 Å². The van der Waals surface area contributed by atoms with Crippen LogP contribution in [0.5, 0.6) is 0 Å². The lowest BCUT2D eigenvalue weighted by atomic mass is 10.00. The van der Waals surface area contributed by atoms with E-state index in [0.717, 1.165) is 42.7 Å². The largest absolute Gasteiger partial charge is 0.378 e. The zero-order valence-corrected chi connectivity index (χ0v) is 21.5. The lowest BCUT2D eigenvalue weighted by Crippen LogP contribution is -2.36. The van der Waals surface area contributed by atoms with E-state index in [1.807, 2.05) is 13.0 Å². The Labute approximate surface area is 214 Å². The van der Waals surface area contributed by atoms with Gasteiger partial charge in [0.05, 0.1) is 64.2 Å². The molecule has 0 radical (unpaired) electrons. The number of aromatic nitrogens is 2. The smallest absolute Gasteiger partial charge is 0.176 e. The minimum atomic E-state index is -3.61. The van der Waals surface area contributed by atoms with Gasteiger partial charge in [0.15, 0.2) is 9.84 Å². The fourth-order valence-corrected chi connectivity index (χ4v) is 5.48. The van der Waals surface area contributed by atoms with Crippen LogP contribution in [0.4, 0.5) is 25.8 Å². The highest BCUT2D eigenvalue weighted by molar-refractivity contribution is 7.90. The van der Waals surface area contributed by atoms with Gasteiger partial charge in [-0.3, -0.25) is 4.98 Å². The van der Waals surface area contributed by atoms with Crippen molar-refractivity contribution in [1.29, 1.82) is 0 Å². The maximum Gasteiger partial charge on any atom is 0.176 e. The maximum absolute atomic E-state index is 15.2. The summed E-state index contributed by atoms with van der Waals surface area (Å²) in [4.78, 5) is 11.1. The topological polar surface area (TPSA) is 84.4 Å². The van der Waals surface area contributed by atoms with Crippen molar-refractivity contribution in [2.24, 2.45) is 0 Å². The number of benzene rings is 2. The van der Waals surface area contributed by atoms with Crippen LogP contribution in [-0.4, -0.2) is 50.9 Å². The molecule has 37 heavy (non-hydrogen) atoms. The van der Waals surface area contributed by atoms with E-state index in [-0.39, 0.29) is 15.8 Å². The third-order valence-electron chi connectivity index (χ3n) is 6.41. The van der Waals surface area contributed by atoms with Gasteiger partial charge in [-0.1, -0.05) is 11.6 Å². The normalized spacial score (nSPS) is 14.2. The molecule has 2 aromatic heterocycles. The molecular weight excluding hydrogens is 498 g/mol. The van der Waals surface area contributed by atoms with Crippen molar-refractivity contribution in [2.45, 2.75) is 18.7 Å². The number of hydrogen-bond donors (Lipinski definition) is 1. The first-order valence-electron chi connectivity index (χ1n) is 11.8. The second kappa shape index (κ2) is 9.68. The van der Waals surface area contributed by atoms with Crippen LogP contribution in [-0.2, 0) is 14.6 Å². The number of anilines is 3. The number of aryl methyl sites for hydroxylation is 1. The molecule has 0 amide bonds. The summed E-state index contributed by atoms with van der Waals surface area (Å²) in [6.45, 7) is 6.26. The second-order valence-electron chi connectivity index (χ2n) is 9.17. The number of morpholine rings is 1. The fraction of sp³-hybridized carbons (Fsp3) is 0.259. The maximum atomic E-state index is 15.2. The summed E-state index contributed by atoms with van der Waals surface area (Å²) in [5, 5.41) is 3.37. The highest BCUT2D eigenvalue weighted by Crippen LogP contribution is 2.39. The van der Waals surface area contributed by atoms with Crippen molar-refractivity contribution in [3.05, 3.63) is 71.6 Å². The molecule has 1 aliphatic rings. The summed E-state index contributed by atoms with van der Waals surface area (Å²) >= 11 is 0. The molecule has 0 spiro atoms. The first kappa shape index (κ1) is 25.0. The quantitative estimate of drug-likeness (QED) is 0.385. The SMILES string of the molecule is Cc1ccc(S(C)(=O)=O)c(-c2nc3cc(F)cc(F)c3c(Nc3cncc(N4CCOCC4)c3)c2C)c1. The van der Waals surface area contributed by atoms with E-state index in [1.54, 1.807) is 31.5 Å². The Morgan fingerprint density at radius 3 is 2.51 bits per heavy atom. The van der Waals surface area contributed by atoms with Crippen molar-refractivity contribution in [3.63, 3.8) is 0 Å². The van der Waals surface area contributed by atoms with Gasteiger partial charge in [-0.2, -0.15) is 0 Å². The number of sulfone groups is 1. The Kier molecular flexibility index (Phi) is 6.55. The average Bonchev–Trinajstić information content (AvgIpc) is 2.85. The number of ether oxygens (including phenoxy) is 1. The fourth-order valence-electron chi connectivity index (χ4n) is 4.61. The first-order chi connectivity index (χ1) is 17.6. The predicted octanol–water partition coefficient (Wildman–Crippen LogP) is 5.18. The Balaban J connectivity index is 1.72. The van der Waals surface area contributed by atoms with Gasteiger partial charge in [-0.25, -0.2) is 22.2 Å². The van der Waals surface area contributed by atoms with Crippen molar-refractivity contribution in [1.82, 2.24) is 9.97 Å². The molecule has 1 aliphatic heterocycles. The van der Waals surface area contributed by atoms with E-state index >= 15 is 4.39 Å². The third kappa shape index (κ3) is 4.99. The number of hydrogen-bond acceptors (Lipinski definition) is 7. The van der Waals surface area contributed by atoms with Gasteiger partial charge >= 0.3 is 0 Å². The van der Waals surface area contributed by atoms with E-state index in [0.29, 0.717) is 41.4 Å². The first-order valence-corrected chi connectivity index (χ1v) is 13.7. The number of fused-ring (bicyclic) bond motifs is 1. The van der Waals surface area contributed by atoms with E-state index < -0.39 is 21.5 Å².